The van der Waals surface area contributed by atoms with E-state index >= 15 is 0 Å². The summed E-state index contributed by atoms with van der Waals surface area (Å²) in [5.41, 5.74) is 0.973. The van der Waals surface area contributed by atoms with Crippen molar-refractivity contribution < 1.29 is 9.59 Å². The first-order chi connectivity index (χ1) is 8.49. The Morgan fingerprint density at radius 3 is 2.50 bits per heavy atom. The maximum atomic E-state index is 12.0. The van der Waals surface area contributed by atoms with Crippen LogP contribution in [-0.2, 0) is 16.0 Å². The predicted octanol–water partition coefficient (Wildman–Crippen LogP) is 1.23. The molecule has 1 saturated heterocycles. The minimum Gasteiger partial charge on any atom is -0.342 e. The molecule has 1 aromatic carbocycles. The van der Waals surface area contributed by atoms with Crippen LogP contribution in [0.4, 0.5) is 0 Å². The van der Waals surface area contributed by atoms with Gasteiger partial charge in [-0.25, -0.2) is 0 Å². The summed E-state index contributed by atoms with van der Waals surface area (Å²) in [6.07, 6.45) is 0.485. The first kappa shape index (κ1) is 12.9. The van der Waals surface area contributed by atoms with E-state index in [9.17, 15) is 9.59 Å². The van der Waals surface area contributed by atoms with Gasteiger partial charge < -0.3 is 10.2 Å². The minimum atomic E-state index is -0.486. The van der Waals surface area contributed by atoms with Crippen molar-refractivity contribution in [1.82, 2.24) is 10.2 Å². The van der Waals surface area contributed by atoms with E-state index in [-0.39, 0.29) is 11.8 Å². The van der Waals surface area contributed by atoms with E-state index in [0.717, 1.165) is 5.56 Å². The molecule has 5 heteroatoms. The molecule has 18 heavy (non-hydrogen) atoms. The Kier molecular flexibility index (Phi) is 3.57. The predicted molar refractivity (Wildman–Crippen MR) is 69.3 cm³/mol. The molecule has 0 aromatic heterocycles. The van der Waals surface area contributed by atoms with Crippen molar-refractivity contribution in [3.8, 4) is 0 Å². The van der Waals surface area contributed by atoms with Gasteiger partial charge in [-0.1, -0.05) is 23.7 Å². The van der Waals surface area contributed by atoms with Gasteiger partial charge >= 0.3 is 0 Å². The smallest absolute Gasteiger partial charge is 0.245 e. The maximum Gasteiger partial charge on any atom is 0.245 e. The quantitative estimate of drug-likeness (QED) is 0.875. The molecule has 0 saturated carbocycles. The highest BCUT2D eigenvalue weighted by molar-refractivity contribution is 6.30. The molecular formula is C13H15ClN2O2. The molecule has 0 bridgehead atoms. The van der Waals surface area contributed by atoms with Crippen LogP contribution in [0.25, 0.3) is 0 Å². The molecule has 0 spiro atoms. The van der Waals surface area contributed by atoms with Gasteiger partial charge in [0.15, 0.2) is 0 Å². The molecule has 1 aliphatic rings. The summed E-state index contributed by atoms with van der Waals surface area (Å²) in [6.45, 7) is 1.71. The van der Waals surface area contributed by atoms with Crippen molar-refractivity contribution in [2.75, 3.05) is 7.05 Å². The summed E-state index contributed by atoms with van der Waals surface area (Å²) in [4.78, 5) is 25.2. The number of amides is 2. The zero-order valence-corrected chi connectivity index (χ0v) is 11.1. The molecule has 2 amide bonds. The molecule has 2 atom stereocenters. The lowest BCUT2D eigenvalue weighted by Crippen LogP contribution is -2.61. The first-order valence-electron chi connectivity index (χ1n) is 5.80. The molecule has 0 radical (unpaired) electrons. The number of hydrogen-bond donors (Lipinski definition) is 1. The Balaban J connectivity index is 2.11. The SMILES string of the molecule is C[C@H]1C(=O)N[C@@H](Cc2ccc(Cl)cc2)C(=O)N1C. The van der Waals surface area contributed by atoms with Crippen LogP contribution < -0.4 is 5.32 Å². The van der Waals surface area contributed by atoms with Gasteiger partial charge in [0.1, 0.15) is 12.1 Å². The van der Waals surface area contributed by atoms with Gasteiger partial charge in [0, 0.05) is 18.5 Å². The number of hydrogen-bond acceptors (Lipinski definition) is 2. The fourth-order valence-electron chi connectivity index (χ4n) is 1.96. The van der Waals surface area contributed by atoms with Crippen molar-refractivity contribution >= 4 is 23.4 Å². The van der Waals surface area contributed by atoms with Crippen LogP contribution in [0.2, 0.25) is 5.02 Å². The zero-order valence-electron chi connectivity index (χ0n) is 10.3. The molecular weight excluding hydrogens is 252 g/mol. The molecule has 96 valence electrons. The van der Waals surface area contributed by atoms with Gasteiger partial charge in [0.2, 0.25) is 11.8 Å². The van der Waals surface area contributed by atoms with Crippen molar-refractivity contribution in [1.29, 1.82) is 0 Å². The normalized spacial score (nSPS) is 24.1. The maximum absolute atomic E-state index is 12.0. The number of carbonyl (C=O) groups is 2. The highest BCUT2D eigenvalue weighted by Gasteiger charge is 2.35. The van der Waals surface area contributed by atoms with Gasteiger partial charge in [0.05, 0.1) is 0 Å². The molecule has 1 aromatic rings. The first-order valence-corrected chi connectivity index (χ1v) is 6.18. The van der Waals surface area contributed by atoms with Crippen molar-refractivity contribution in [2.24, 2.45) is 0 Å². The van der Waals surface area contributed by atoms with E-state index in [4.69, 9.17) is 11.6 Å². The Hall–Kier alpha value is -1.55. The molecule has 1 heterocycles. The van der Waals surface area contributed by atoms with Gasteiger partial charge in [0.25, 0.3) is 0 Å². The summed E-state index contributed by atoms with van der Waals surface area (Å²) in [5.74, 6) is -0.173. The van der Waals surface area contributed by atoms with Crippen molar-refractivity contribution in [3.63, 3.8) is 0 Å². The summed E-state index contributed by atoms with van der Waals surface area (Å²) >= 11 is 5.80. The standard InChI is InChI=1S/C13H15ClN2O2/c1-8-12(17)15-11(13(18)16(8)2)7-9-3-5-10(14)6-4-9/h3-6,8,11H,7H2,1-2H3,(H,15,17)/t8-,11-/m0/s1. The fourth-order valence-corrected chi connectivity index (χ4v) is 2.09. The third-order valence-corrected chi connectivity index (χ3v) is 3.53. The van der Waals surface area contributed by atoms with E-state index in [1.54, 1.807) is 26.1 Å². The van der Waals surface area contributed by atoms with Gasteiger partial charge in [-0.05, 0) is 24.6 Å². The van der Waals surface area contributed by atoms with E-state index in [2.05, 4.69) is 5.32 Å². The third-order valence-electron chi connectivity index (χ3n) is 3.28. The van der Waals surface area contributed by atoms with E-state index in [0.29, 0.717) is 11.4 Å². The molecule has 1 fully saturated rings. The van der Waals surface area contributed by atoms with E-state index in [1.807, 2.05) is 12.1 Å². The van der Waals surface area contributed by atoms with Crippen LogP contribution in [0.3, 0.4) is 0 Å². The third kappa shape index (κ3) is 2.48. The number of benzene rings is 1. The average Bonchev–Trinajstić information content (AvgIpc) is 2.36. The number of nitrogens with zero attached hydrogens (tertiary/aromatic N) is 1. The van der Waals surface area contributed by atoms with Crippen molar-refractivity contribution in [2.45, 2.75) is 25.4 Å². The Labute approximate surface area is 111 Å². The molecule has 0 unspecified atom stereocenters. The summed E-state index contributed by atoms with van der Waals surface area (Å²) < 4.78 is 0. The van der Waals surface area contributed by atoms with Crippen LogP contribution in [-0.4, -0.2) is 35.8 Å². The lowest BCUT2D eigenvalue weighted by atomic mass is 10.0. The number of nitrogens with one attached hydrogen (secondary N) is 1. The van der Waals surface area contributed by atoms with Gasteiger partial charge in [-0.3, -0.25) is 9.59 Å². The molecule has 1 aliphatic heterocycles. The second kappa shape index (κ2) is 4.98. The second-order valence-electron chi connectivity index (χ2n) is 4.52. The zero-order chi connectivity index (χ0) is 13.3. The number of halogens is 1. The van der Waals surface area contributed by atoms with Crippen LogP contribution in [0.1, 0.15) is 12.5 Å². The van der Waals surface area contributed by atoms with Crippen LogP contribution in [0.5, 0.6) is 0 Å². The topological polar surface area (TPSA) is 49.4 Å². The Morgan fingerprint density at radius 2 is 1.89 bits per heavy atom. The van der Waals surface area contributed by atoms with E-state index in [1.165, 1.54) is 4.90 Å². The van der Waals surface area contributed by atoms with Crippen molar-refractivity contribution in [3.05, 3.63) is 34.9 Å². The lowest BCUT2D eigenvalue weighted by molar-refractivity contribution is -0.146. The highest BCUT2D eigenvalue weighted by Crippen LogP contribution is 2.14. The fraction of sp³-hybridized carbons (Fsp3) is 0.385. The highest BCUT2D eigenvalue weighted by atomic mass is 35.5. The second-order valence-corrected chi connectivity index (χ2v) is 4.95. The Morgan fingerprint density at radius 1 is 1.28 bits per heavy atom. The lowest BCUT2D eigenvalue weighted by Gasteiger charge is -2.34. The molecule has 2 rings (SSSR count). The van der Waals surface area contributed by atoms with Gasteiger partial charge in [-0.15, -0.1) is 0 Å². The molecule has 0 aliphatic carbocycles. The monoisotopic (exact) mass is 266 g/mol. The number of likely N-dealkylation sites (N-methyl/N-ethyl adjacent to an activating group) is 1. The molecule has 4 nitrogen and oxygen atoms in total. The van der Waals surface area contributed by atoms with Crippen LogP contribution >= 0.6 is 11.6 Å². The number of carbonyl (C=O) groups excluding carboxylic acids is 2. The largest absolute Gasteiger partial charge is 0.342 e. The van der Waals surface area contributed by atoms with Crippen LogP contribution in [0.15, 0.2) is 24.3 Å². The van der Waals surface area contributed by atoms with Crippen LogP contribution in [0, 0.1) is 0 Å². The average molecular weight is 267 g/mol. The number of piperazine rings is 1. The minimum absolute atomic E-state index is 0.0583. The summed E-state index contributed by atoms with van der Waals surface area (Å²) in [5, 5.41) is 3.40. The van der Waals surface area contributed by atoms with E-state index < -0.39 is 12.1 Å². The van der Waals surface area contributed by atoms with Gasteiger partial charge in [-0.2, -0.15) is 0 Å². The summed E-state index contributed by atoms with van der Waals surface area (Å²) in [7, 11) is 1.65. The summed E-state index contributed by atoms with van der Waals surface area (Å²) in [6, 6.07) is 6.38. The Bertz CT molecular complexity index is 472. The molecule has 1 N–H and O–H groups in total. The number of rotatable bonds is 2.